The third-order valence-corrected chi connectivity index (χ3v) is 7.99. The van der Waals surface area contributed by atoms with E-state index in [-0.39, 0.29) is 29.2 Å². The highest BCUT2D eigenvalue weighted by atomic mass is 32.1. The lowest BCUT2D eigenvalue weighted by molar-refractivity contribution is -0.153. The lowest BCUT2D eigenvalue weighted by Gasteiger charge is -2.31. The van der Waals surface area contributed by atoms with Crippen molar-refractivity contribution >= 4 is 28.8 Å². The Morgan fingerprint density at radius 3 is 2.89 bits per heavy atom. The normalized spacial score (nSPS) is 22.1. The highest BCUT2D eigenvalue weighted by Gasteiger charge is 2.30. The summed E-state index contributed by atoms with van der Waals surface area (Å²) in [6, 6.07) is 5.28. The summed E-state index contributed by atoms with van der Waals surface area (Å²) in [5, 5.41) is 5.91. The van der Waals surface area contributed by atoms with Gasteiger partial charge in [-0.05, 0) is 37.3 Å². The number of hydrogen-bond acceptors (Lipinski definition) is 7. The van der Waals surface area contributed by atoms with Crippen LogP contribution >= 0.6 is 11.3 Å². The monoisotopic (exact) mass is 538 g/mol. The first-order valence-corrected chi connectivity index (χ1v) is 13.3. The molecule has 1 aromatic carbocycles. The zero-order valence-electron chi connectivity index (χ0n) is 20.2. The Morgan fingerprint density at radius 2 is 2.11 bits per heavy atom. The van der Waals surface area contributed by atoms with Gasteiger partial charge in [0.15, 0.2) is 6.61 Å². The number of thiazole rings is 1. The molecular weight excluding hydrogens is 509 g/mol. The van der Waals surface area contributed by atoms with Crippen LogP contribution in [-0.4, -0.2) is 72.9 Å². The van der Waals surface area contributed by atoms with Crippen LogP contribution in [0.4, 0.5) is 18.9 Å². The summed E-state index contributed by atoms with van der Waals surface area (Å²) in [6.07, 6.45) is 0.0102. The molecule has 2 amide bonds. The summed E-state index contributed by atoms with van der Waals surface area (Å²) in [6.45, 7) is 1.60. The number of nitrogens with zero attached hydrogens (tertiary/aromatic N) is 2. The first-order chi connectivity index (χ1) is 17.7. The van der Waals surface area contributed by atoms with Gasteiger partial charge in [0.25, 0.3) is 11.1 Å². The maximum Gasteiger partial charge on any atom is 0.422 e. The SMILES string of the molecule is O=C1Cc2cccc(C(=O)N[C@H]3CC[C@H](CCN4CCc5nc(OCC(F)(F)F)sc5CC4)OC3)c2N1. The van der Waals surface area contributed by atoms with E-state index in [4.69, 9.17) is 9.47 Å². The molecule has 2 atom stereocenters. The molecule has 1 fully saturated rings. The Balaban J connectivity index is 1.03. The van der Waals surface area contributed by atoms with E-state index in [9.17, 15) is 22.8 Å². The number of para-hydroxylation sites is 1. The minimum atomic E-state index is -4.37. The second-order valence-corrected chi connectivity index (χ2v) is 10.7. The average molecular weight is 539 g/mol. The van der Waals surface area contributed by atoms with Gasteiger partial charge >= 0.3 is 6.18 Å². The summed E-state index contributed by atoms with van der Waals surface area (Å²) in [7, 11) is 0. The van der Waals surface area contributed by atoms with Crippen LogP contribution in [0.2, 0.25) is 0 Å². The molecule has 0 radical (unpaired) electrons. The summed E-state index contributed by atoms with van der Waals surface area (Å²) >= 11 is 1.21. The number of benzene rings is 1. The van der Waals surface area contributed by atoms with Crippen LogP contribution in [-0.2, 0) is 28.8 Å². The number of ether oxygens (including phenoxy) is 2. The smallest absolute Gasteiger partial charge is 0.422 e. The molecule has 4 heterocycles. The number of rotatable bonds is 7. The predicted octanol–water partition coefficient (Wildman–Crippen LogP) is 3.35. The van der Waals surface area contributed by atoms with Gasteiger partial charge in [-0.15, -0.1) is 0 Å². The lowest BCUT2D eigenvalue weighted by atomic mass is 10.0. The standard InChI is InChI=1S/C25H29F3N4O4S/c26-25(27,28)14-36-24-30-19-7-10-32(11-8-20(19)37-24)9-6-17-5-4-16(13-35-17)29-23(34)18-3-1-2-15-12-21(33)31-22(15)18/h1-3,16-17H,4-14H2,(H,29,34)(H,31,33)/t16-,17+/m0/s1. The molecule has 8 nitrogen and oxygen atoms in total. The summed E-state index contributed by atoms with van der Waals surface area (Å²) < 4.78 is 48.0. The van der Waals surface area contributed by atoms with E-state index in [1.165, 1.54) is 11.3 Å². The number of carbonyl (C=O) groups is 2. The van der Waals surface area contributed by atoms with Gasteiger partial charge < -0.3 is 25.0 Å². The Hall–Kier alpha value is -2.70. The van der Waals surface area contributed by atoms with Gasteiger partial charge in [-0.25, -0.2) is 4.98 Å². The number of carbonyl (C=O) groups excluding carboxylic acids is 2. The molecule has 12 heteroatoms. The van der Waals surface area contributed by atoms with E-state index >= 15 is 0 Å². The van der Waals surface area contributed by atoms with Crippen LogP contribution in [0.5, 0.6) is 5.19 Å². The van der Waals surface area contributed by atoms with E-state index in [2.05, 4.69) is 20.5 Å². The molecule has 0 saturated carbocycles. The Kier molecular flexibility index (Phi) is 7.68. The molecule has 0 unspecified atom stereocenters. The number of alkyl halides is 3. The van der Waals surface area contributed by atoms with E-state index in [1.54, 1.807) is 12.1 Å². The second-order valence-electron chi connectivity index (χ2n) is 9.65. The lowest BCUT2D eigenvalue weighted by Crippen LogP contribution is -2.43. The number of halogens is 3. The number of fused-ring (bicyclic) bond motifs is 2. The molecule has 3 aliphatic heterocycles. The largest absolute Gasteiger partial charge is 0.460 e. The molecule has 0 aliphatic carbocycles. The Labute approximate surface area is 216 Å². The van der Waals surface area contributed by atoms with Crippen molar-refractivity contribution in [1.29, 1.82) is 0 Å². The molecule has 3 aliphatic rings. The van der Waals surface area contributed by atoms with Crippen LogP contribution in [0.15, 0.2) is 18.2 Å². The Bertz CT molecular complexity index is 1120. The van der Waals surface area contributed by atoms with Crippen LogP contribution in [0.3, 0.4) is 0 Å². The molecule has 37 heavy (non-hydrogen) atoms. The topological polar surface area (TPSA) is 92.8 Å². The molecule has 1 saturated heterocycles. The van der Waals surface area contributed by atoms with Gasteiger partial charge in [-0.1, -0.05) is 23.5 Å². The highest BCUT2D eigenvalue weighted by Crippen LogP contribution is 2.30. The fourth-order valence-electron chi connectivity index (χ4n) is 4.99. The zero-order chi connectivity index (χ0) is 26.0. The van der Waals surface area contributed by atoms with Crippen molar-refractivity contribution in [2.75, 3.05) is 38.2 Å². The zero-order valence-corrected chi connectivity index (χ0v) is 21.1. The van der Waals surface area contributed by atoms with E-state index in [0.29, 0.717) is 30.7 Å². The second kappa shape index (κ2) is 11.0. The van der Waals surface area contributed by atoms with E-state index < -0.39 is 12.8 Å². The van der Waals surface area contributed by atoms with Gasteiger partial charge in [0, 0.05) is 30.9 Å². The van der Waals surface area contributed by atoms with Crippen molar-refractivity contribution in [3.63, 3.8) is 0 Å². The summed E-state index contributed by atoms with van der Waals surface area (Å²) in [4.78, 5) is 32.1. The average Bonchev–Trinajstić information content (AvgIpc) is 3.39. The van der Waals surface area contributed by atoms with Crippen molar-refractivity contribution in [3.05, 3.63) is 39.9 Å². The maximum atomic E-state index is 12.8. The first kappa shape index (κ1) is 25.9. The van der Waals surface area contributed by atoms with Gasteiger partial charge in [0.2, 0.25) is 5.91 Å². The van der Waals surface area contributed by atoms with Crippen LogP contribution in [0.1, 0.15) is 45.8 Å². The first-order valence-electron chi connectivity index (χ1n) is 12.5. The highest BCUT2D eigenvalue weighted by molar-refractivity contribution is 7.13. The quantitative estimate of drug-likeness (QED) is 0.562. The van der Waals surface area contributed by atoms with Crippen molar-refractivity contribution in [1.82, 2.24) is 15.2 Å². The molecule has 5 rings (SSSR count). The number of hydrogen-bond donors (Lipinski definition) is 2. The van der Waals surface area contributed by atoms with Crippen LogP contribution in [0.25, 0.3) is 0 Å². The number of aromatic nitrogens is 1. The number of amides is 2. The minimum Gasteiger partial charge on any atom is -0.460 e. The van der Waals surface area contributed by atoms with Gasteiger partial charge in [0.05, 0.1) is 42.1 Å². The van der Waals surface area contributed by atoms with Gasteiger partial charge in [-0.3, -0.25) is 9.59 Å². The van der Waals surface area contributed by atoms with E-state index in [1.807, 2.05) is 6.07 Å². The predicted molar refractivity (Wildman–Crippen MR) is 131 cm³/mol. The fourth-order valence-corrected chi connectivity index (χ4v) is 5.94. The summed E-state index contributed by atoms with van der Waals surface area (Å²) in [5.74, 6) is -0.307. The van der Waals surface area contributed by atoms with E-state index in [0.717, 1.165) is 61.5 Å². The fraction of sp³-hybridized carbons (Fsp3) is 0.560. The Morgan fingerprint density at radius 1 is 1.27 bits per heavy atom. The number of anilines is 1. The molecule has 200 valence electrons. The molecule has 1 aromatic heterocycles. The molecule has 2 aromatic rings. The molecule has 0 bridgehead atoms. The maximum absolute atomic E-state index is 12.8. The molecular formula is C25H29F3N4O4S. The van der Waals surface area contributed by atoms with Crippen LogP contribution in [0, 0.1) is 0 Å². The minimum absolute atomic E-state index is 0.0780. The van der Waals surface area contributed by atoms with Crippen molar-refractivity contribution in [3.8, 4) is 5.19 Å². The van der Waals surface area contributed by atoms with Crippen LogP contribution < -0.4 is 15.4 Å². The third-order valence-electron chi connectivity index (χ3n) is 6.92. The van der Waals surface area contributed by atoms with Gasteiger partial charge in [-0.2, -0.15) is 13.2 Å². The number of nitrogens with one attached hydrogen (secondary N) is 2. The third kappa shape index (κ3) is 6.60. The molecule has 0 spiro atoms. The summed E-state index contributed by atoms with van der Waals surface area (Å²) in [5.41, 5.74) is 2.76. The van der Waals surface area contributed by atoms with Gasteiger partial charge in [0.1, 0.15) is 0 Å². The van der Waals surface area contributed by atoms with Crippen molar-refractivity contribution in [2.24, 2.45) is 0 Å². The van der Waals surface area contributed by atoms with Crippen molar-refractivity contribution in [2.45, 2.75) is 56.8 Å². The molecule has 2 N–H and O–H groups in total. The van der Waals surface area contributed by atoms with Crippen molar-refractivity contribution < 1.29 is 32.2 Å².